The molecule has 0 saturated carbocycles. The number of rotatable bonds is 3. The standard InChI is InChI=1S/C10H8F3IO/c11-10(12,13)5-9(15)8-3-1-7(6-14)2-4-8/h1-4H,5-6H2. The average Bonchev–Trinajstić information content (AvgIpc) is 2.15. The fraction of sp³-hybridized carbons (Fsp3) is 0.300. The van der Waals surface area contributed by atoms with E-state index in [1.165, 1.54) is 12.1 Å². The highest BCUT2D eigenvalue weighted by Crippen LogP contribution is 2.22. The third kappa shape index (κ3) is 4.19. The number of carbonyl (C=O) groups is 1. The van der Waals surface area contributed by atoms with Gasteiger partial charge in [-0.2, -0.15) is 13.2 Å². The molecule has 82 valence electrons. The summed E-state index contributed by atoms with van der Waals surface area (Å²) in [5, 5.41) is 0. The van der Waals surface area contributed by atoms with Crippen LogP contribution in [0.1, 0.15) is 22.3 Å². The van der Waals surface area contributed by atoms with Crippen molar-refractivity contribution in [3.05, 3.63) is 35.4 Å². The summed E-state index contributed by atoms with van der Waals surface area (Å²) in [6.07, 6.45) is -5.82. The maximum Gasteiger partial charge on any atom is 0.396 e. The molecule has 0 aliphatic carbocycles. The molecule has 0 amide bonds. The van der Waals surface area contributed by atoms with Crippen LogP contribution in [0.3, 0.4) is 0 Å². The van der Waals surface area contributed by atoms with Gasteiger partial charge in [-0.3, -0.25) is 4.79 Å². The molecule has 0 unspecified atom stereocenters. The Labute approximate surface area is 98.8 Å². The minimum atomic E-state index is -4.43. The Balaban J connectivity index is 2.75. The molecular weight excluding hydrogens is 320 g/mol. The van der Waals surface area contributed by atoms with Crippen LogP contribution in [0, 0.1) is 0 Å². The first-order valence-electron chi connectivity index (χ1n) is 4.17. The Morgan fingerprint density at radius 2 is 1.73 bits per heavy atom. The van der Waals surface area contributed by atoms with Gasteiger partial charge >= 0.3 is 6.18 Å². The molecule has 0 radical (unpaired) electrons. The molecule has 0 spiro atoms. The van der Waals surface area contributed by atoms with E-state index >= 15 is 0 Å². The van der Waals surface area contributed by atoms with E-state index in [0.29, 0.717) is 0 Å². The minimum Gasteiger partial charge on any atom is -0.294 e. The van der Waals surface area contributed by atoms with Gasteiger partial charge in [0.15, 0.2) is 5.78 Å². The van der Waals surface area contributed by atoms with Gasteiger partial charge in [0.25, 0.3) is 0 Å². The normalized spacial score (nSPS) is 11.5. The topological polar surface area (TPSA) is 17.1 Å². The highest BCUT2D eigenvalue weighted by molar-refractivity contribution is 14.1. The summed E-state index contributed by atoms with van der Waals surface area (Å²) in [7, 11) is 0. The van der Waals surface area contributed by atoms with E-state index in [1.54, 1.807) is 12.1 Å². The van der Waals surface area contributed by atoms with Gasteiger partial charge in [-0.05, 0) is 5.56 Å². The third-order valence-corrected chi connectivity index (χ3v) is 2.67. The van der Waals surface area contributed by atoms with Crippen LogP contribution >= 0.6 is 22.6 Å². The molecule has 0 bridgehead atoms. The van der Waals surface area contributed by atoms with Crippen LogP contribution in [0.25, 0.3) is 0 Å². The zero-order chi connectivity index (χ0) is 11.5. The number of ketones is 1. The molecular formula is C10H8F3IO. The number of hydrogen-bond acceptors (Lipinski definition) is 1. The lowest BCUT2D eigenvalue weighted by atomic mass is 10.1. The molecule has 5 heteroatoms. The van der Waals surface area contributed by atoms with E-state index in [2.05, 4.69) is 22.6 Å². The summed E-state index contributed by atoms with van der Waals surface area (Å²) < 4.78 is 36.5. The monoisotopic (exact) mass is 328 g/mol. The second kappa shape index (κ2) is 4.96. The SMILES string of the molecule is O=C(CC(F)(F)F)c1ccc(CI)cc1. The molecule has 0 fully saturated rings. The van der Waals surface area contributed by atoms with Crippen LogP contribution in [0.5, 0.6) is 0 Å². The molecule has 15 heavy (non-hydrogen) atoms. The lowest BCUT2D eigenvalue weighted by Crippen LogP contribution is -2.14. The van der Waals surface area contributed by atoms with Crippen molar-refractivity contribution in [2.45, 2.75) is 17.0 Å². The quantitative estimate of drug-likeness (QED) is 0.469. The van der Waals surface area contributed by atoms with E-state index in [-0.39, 0.29) is 5.56 Å². The minimum absolute atomic E-state index is 0.112. The van der Waals surface area contributed by atoms with Crippen molar-refractivity contribution in [1.82, 2.24) is 0 Å². The Bertz CT molecular complexity index is 343. The summed E-state index contributed by atoms with van der Waals surface area (Å²) in [6, 6.07) is 6.19. The predicted molar refractivity (Wildman–Crippen MR) is 59.2 cm³/mol. The second-order valence-corrected chi connectivity index (χ2v) is 3.81. The molecule has 0 N–H and O–H groups in total. The fourth-order valence-corrected chi connectivity index (χ4v) is 1.57. The van der Waals surface area contributed by atoms with Gasteiger partial charge in [0.05, 0.1) is 0 Å². The largest absolute Gasteiger partial charge is 0.396 e. The third-order valence-electron chi connectivity index (χ3n) is 1.79. The maximum absolute atomic E-state index is 11.9. The van der Waals surface area contributed by atoms with Gasteiger partial charge in [0.2, 0.25) is 0 Å². The first-order valence-corrected chi connectivity index (χ1v) is 5.70. The number of benzene rings is 1. The van der Waals surface area contributed by atoms with Crippen LogP contribution in [0.2, 0.25) is 0 Å². The summed E-state index contributed by atoms with van der Waals surface area (Å²) in [6.45, 7) is 0. The summed E-state index contributed by atoms with van der Waals surface area (Å²) >= 11 is 2.14. The van der Waals surface area contributed by atoms with Crippen LogP contribution in [0.15, 0.2) is 24.3 Å². The van der Waals surface area contributed by atoms with Crippen LogP contribution < -0.4 is 0 Å². The molecule has 0 atom stereocenters. The molecule has 0 saturated heterocycles. The summed E-state index contributed by atoms with van der Waals surface area (Å²) in [5.74, 6) is -0.887. The number of hydrogen-bond donors (Lipinski definition) is 0. The van der Waals surface area contributed by atoms with Crippen molar-refractivity contribution in [3.63, 3.8) is 0 Å². The lowest BCUT2D eigenvalue weighted by molar-refractivity contribution is -0.125. The zero-order valence-corrected chi connectivity index (χ0v) is 9.80. The lowest BCUT2D eigenvalue weighted by Gasteiger charge is -2.05. The Hall–Kier alpha value is -0.590. The van der Waals surface area contributed by atoms with Gasteiger partial charge < -0.3 is 0 Å². The Morgan fingerprint density at radius 1 is 1.20 bits per heavy atom. The van der Waals surface area contributed by atoms with Crippen LogP contribution in [0.4, 0.5) is 13.2 Å². The number of halogens is 4. The summed E-state index contributed by atoms with van der Waals surface area (Å²) in [5.41, 5.74) is 1.10. The van der Waals surface area contributed by atoms with E-state index in [0.717, 1.165) is 9.99 Å². The maximum atomic E-state index is 11.9. The molecule has 1 aromatic rings. The highest BCUT2D eigenvalue weighted by atomic mass is 127. The first-order chi connectivity index (χ1) is 6.92. The molecule has 0 aliphatic rings. The van der Waals surface area contributed by atoms with Crippen LogP contribution in [-0.2, 0) is 4.43 Å². The predicted octanol–water partition coefficient (Wildman–Crippen LogP) is 3.76. The number of carbonyl (C=O) groups excluding carboxylic acids is 1. The van der Waals surface area contributed by atoms with Gasteiger partial charge in [0, 0.05) is 9.99 Å². The van der Waals surface area contributed by atoms with Crippen molar-refractivity contribution >= 4 is 28.4 Å². The Kier molecular flexibility index (Phi) is 4.12. The molecule has 1 aromatic carbocycles. The van der Waals surface area contributed by atoms with Gasteiger partial charge in [-0.15, -0.1) is 0 Å². The molecule has 1 rings (SSSR count). The van der Waals surface area contributed by atoms with E-state index in [9.17, 15) is 18.0 Å². The number of Topliss-reactive ketones (excluding diaryl/α,β-unsaturated/α-hetero) is 1. The average molecular weight is 328 g/mol. The molecule has 0 heterocycles. The molecule has 0 aromatic heterocycles. The van der Waals surface area contributed by atoms with Gasteiger partial charge in [-0.25, -0.2) is 0 Å². The van der Waals surface area contributed by atoms with Gasteiger partial charge in [0.1, 0.15) is 6.42 Å². The van der Waals surface area contributed by atoms with Crippen molar-refractivity contribution in [1.29, 1.82) is 0 Å². The summed E-state index contributed by atoms with van der Waals surface area (Å²) in [4.78, 5) is 11.1. The first kappa shape index (κ1) is 12.5. The molecule has 0 aliphatic heterocycles. The van der Waals surface area contributed by atoms with E-state index in [4.69, 9.17) is 0 Å². The zero-order valence-electron chi connectivity index (χ0n) is 7.64. The van der Waals surface area contributed by atoms with Crippen molar-refractivity contribution in [2.75, 3.05) is 0 Å². The van der Waals surface area contributed by atoms with Crippen molar-refractivity contribution in [3.8, 4) is 0 Å². The smallest absolute Gasteiger partial charge is 0.294 e. The van der Waals surface area contributed by atoms with E-state index in [1.807, 2.05) is 0 Å². The fourth-order valence-electron chi connectivity index (χ4n) is 1.06. The van der Waals surface area contributed by atoms with Crippen molar-refractivity contribution < 1.29 is 18.0 Å². The highest BCUT2D eigenvalue weighted by Gasteiger charge is 2.31. The molecule has 1 nitrogen and oxygen atoms in total. The van der Waals surface area contributed by atoms with Crippen LogP contribution in [-0.4, -0.2) is 12.0 Å². The second-order valence-electron chi connectivity index (χ2n) is 3.05. The van der Waals surface area contributed by atoms with Gasteiger partial charge in [-0.1, -0.05) is 46.9 Å². The Morgan fingerprint density at radius 3 is 2.13 bits per heavy atom. The van der Waals surface area contributed by atoms with E-state index < -0.39 is 18.4 Å². The van der Waals surface area contributed by atoms with Crippen molar-refractivity contribution in [2.24, 2.45) is 0 Å². The number of alkyl halides is 4.